The standard InChI is InChI=1S/C16H26N2O/c1-12(2)7-8-14(18-17)11-13-9-10-19-16-6-4-3-5-15(13)16/h3-6,12-14,18H,7-11,17H2,1-2H3. The van der Waals surface area contributed by atoms with Crippen molar-refractivity contribution in [3.05, 3.63) is 29.8 Å². The van der Waals surface area contributed by atoms with E-state index in [-0.39, 0.29) is 0 Å². The molecule has 2 rings (SSSR count). The van der Waals surface area contributed by atoms with Crippen molar-refractivity contribution in [2.24, 2.45) is 11.8 Å². The van der Waals surface area contributed by atoms with Gasteiger partial charge in [0, 0.05) is 6.04 Å². The molecule has 0 aromatic heterocycles. The minimum Gasteiger partial charge on any atom is -0.493 e. The zero-order chi connectivity index (χ0) is 13.7. The Kier molecular flexibility index (Phi) is 5.23. The summed E-state index contributed by atoms with van der Waals surface area (Å²) >= 11 is 0. The molecule has 0 bridgehead atoms. The van der Waals surface area contributed by atoms with E-state index in [1.165, 1.54) is 12.0 Å². The Morgan fingerprint density at radius 2 is 2.11 bits per heavy atom. The molecule has 1 aromatic rings. The van der Waals surface area contributed by atoms with Crippen LogP contribution in [0.15, 0.2) is 24.3 Å². The molecule has 0 saturated carbocycles. The fraction of sp³-hybridized carbons (Fsp3) is 0.625. The predicted octanol–water partition coefficient (Wildman–Crippen LogP) is 3.21. The highest BCUT2D eigenvalue weighted by atomic mass is 16.5. The minimum absolute atomic E-state index is 0.401. The van der Waals surface area contributed by atoms with Gasteiger partial charge in [-0.15, -0.1) is 0 Å². The summed E-state index contributed by atoms with van der Waals surface area (Å²) in [7, 11) is 0. The number of rotatable bonds is 6. The lowest BCUT2D eigenvalue weighted by atomic mass is 9.86. The molecule has 0 amide bonds. The average Bonchev–Trinajstić information content (AvgIpc) is 2.43. The van der Waals surface area contributed by atoms with Gasteiger partial charge in [-0.1, -0.05) is 32.0 Å². The first-order valence-corrected chi connectivity index (χ1v) is 7.38. The summed E-state index contributed by atoms with van der Waals surface area (Å²) in [6.45, 7) is 5.35. The van der Waals surface area contributed by atoms with Crippen molar-refractivity contribution in [2.75, 3.05) is 6.61 Å². The Morgan fingerprint density at radius 1 is 1.32 bits per heavy atom. The molecule has 3 N–H and O–H groups in total. The predicted molar refractivity (Wildman–Crippen MR) is 79.1 cm³/mol. The maximum atomic E-state index is 5.72. The number of fused-ring (bicyclic) bond motifs is 1. The Hall–Kier alpha value is -1.06. The lowest BCUT2D eigenvalue weighted by molar-refractivity contribution is 0.251. The van der Waals surface area contributed by atoms with Gasteiger partial charge < -0.3 is 4.74 Å². The largest absolute Gasteiger partial charge is 0.493 e. The molecular formula is C16H26N2O. The normalized spacial score (nSPS) is 19.9. The number of para-hydroxylation sites is 1. The first-order valence-electron chi connectivity index (χ1n) is 7.38. The van der Waals surface area contributed by atoms with E-state index in [2.05, 4.69) is 37.5 Å². The van der Waals surface area contributed by atoms with Gasteiger partial charge in [0.05, 0.1) is 6.61 Å². The first-order chi connectivity index (χ1) is 9.20. The summed E-state index contributed by atoms with van der Waals surface area (Å²) in [5.41, 5.74) is 4.34. The van der Waals surface area contributed by atoms with Gasteiger partial charge in [-0.05, 0) is 49.1 Å². The molecule has 0 radical (unpaired) electrons. The molecule has 106 valence electrons. The van der Waals surface area contributed by atoms with E-state index in [1.807, 2.05) is 6.07 Å². The number of hydrogen-bond donors (Lipinski definition) is 2. The van der Waals surface area contributed by atoms with Gasteiger partial charge >= 0.3 is 0 Å². The van der Waals surface area contributed by atoms with E-state index in [1.54, 1.807) is 0 Å². The van der Waals surface area contributed by atoms with Crippen molar-refractivity contribution >= 4 is 0 Å². The van der Waals surface area contributed by atoms with Crippen LogP contribution >= 0.6 is 0 Å². The van der Waals surface area contributed by atoms with Crippen molar-refractivity contribution in [3.63, 3.8) is 0 Å². The highest BCUT2D eigenvalue weighted by molar-refractivity contribution is 5.37. The molecule has 19 heavy (non-hydrogen) atoms. The summed E-state index contributed by atoms with van der Waals surface area (Å²) in [4.78, 5) is 0. The van der Waals surface area contributed by atoms with Crippen molar-refractivity contribution in [1.82, 2.24) is 5.43 Å². The second kappa shape index (κ2) is 6.92. The van der Waals surface area contributed by atoms with E-state index in [0.29, 0.717) is 12.0 Å². The zero-order valence-corrected chi connectivity index (χ0v) is 12.1. The third-order valence-electron chi connectivity index (χ3n) is 3.98. The van der Waals surface area contributed by atoms with Gasteiger partial charge in [-0.3, -0.25) is 11.3 Å². The zero-order valence-electron chi connectivity index (χ0n) is 12.1. The monoisotopic (exact) mass is 262 g/mol. The third-order valence-corrected chi connectivity index (χ3v) is 3.98. The molecular weight excluding hydrogens is 236 g/mol. The summed E-state index contributed by atoms with van der Waals surface area (Å²) in [5, 5.41) is 0. The molecule has 1 heterocycles. The van der Waals surface area contributed by atoms with Gasteiger partial charge in [0.1, 0.15) is 5.75 Å². The van der Waals surface area contributed by atoms with Crippen LogP contribution < -0.4 is 16.0 Å². The Morgan fingerprint density at radius 3 is 2.84 bits per heavy atom. The van der Waals surface area contributed by atoms with Crippen LogP contribution in [0.2, 0.25) is 0 Å². The molecule has 2 unspecified atom stereocenters. The molecule has 1 aromatic carbocycles. The van der Waals surface area contributed by atoms with Crippen molar-refractivity contribution in [1.29, 1.82) is 0 Å². The quantitative estimate of drug-likeness (QED) is 0.611. The van der Waals surface area contributed by atoms with Gasteiger partial charge in [-0.25, -0.2) is 0 Å². The molecule has 0 fully saturated rings. The fourth-order valence-corrected chi connectivity index (χ4v) is 2.81. The van der Waals surface area contributed by atoms with E-state index >= 15 is 0 Å². The first kappa shape index (κ1) is 14.4. The number of benzene rings is 1. The smallest absolute Gasteiger partial charge is 0.122 e. The number of hydrazine groups is 1. The summed E-state index contributed by atoms with van der Waals surface area (Å²) in [6, 6.07) is 8.80. The highest BCUT2D eigenvalue weighted by Crippen LogP contribution is 2.36. The van der Waals surface area contributed by atoms with E-state index in [9.17, 15) is 0 Å². The summed E-state index contributed by atoms with van der Waals surface area (Å²) in [5.74, 6) is 8.07. The fourth-order valence-electron chi connectivity index (χ4n) is 2.81. The van der Waals surface area contributed by atoms with E-state index < -0.39 is 0 Å². The molecule has 3 nitrogen and oxygen atoms in total. The maximum absolute atomic E-state index is 5.72. The molecule has 1 aliphatic heterocycles. The van der Waals surface area contributed by atoms with E-state index in [4.69, 9.17) is 10.6 Å². The number of ether oxygens (including phenoxy) is 1. The molecule has 3 heteroatoms. The number of nitrogens with one attached hydrogen (secondary N) is 1. The highest BCUT2D eigenvalue weighted by Gasteiger charge is 2.23. The molecule has 0 saturated heterocycles. The second-order valence-corrected chi connectivity index (χ2v) is 5.94. The Bertz CT molecular complexity index is 392. The molecule has 0 aliphatic carbocycles. The molecule has 1 aliphatic rings. The lowest BCUT2D eigenvalue weighted by Crippen LogP contribution is -2.37. The minimum atomic E-state index is 0.401. The van der Waals surface area contributed by atoms with Crippen LogP contribution in [0.4, 0.5) is 0 Å². The third kappa shape index (κ3) is 3.95. The van der Waals surface area contributed by atoms with Crippen molar-refractivity contribution in [3.8, 4) is 5.75 Å². The van der Waals surface area contributed by atoms with Crippen LogP contribution in [0.1, 0.15) is 51.0 Å². The van der Waals surface area contributed by atoms with Crippen LogP contribution in [-0.4, -0.2) is 12.6 Å². The van der Waals surface area contributed by atoms with Crippen LogP contribution in [0.5, 0.6) is 5.75 Å². The Labute approximate surface area is 116 Å². The summed E-state index contributed by atoms with van der Waals surface area (Å²) in [6.07, 6.45) is 4.56. The van der Waals surface area contributed by atoms with Gasteiger partial charge in [0.2, 0.25) is 0 Å². The average molecular weight is 262 g/mol. The Balaban J connectivity index is 1.98. The van der Waals surface area contributed by atoms with Crippen molar-refractivity contribution in [2.45, 2.75) is 51.5 Å². The van der Waals surface area contributed by atoms with Crippen LogP contribution in [0.25, 0.3) is 0 Å². The van der Waals surface area contributed by atoms with Crippen molar-refractivity contribution < 1.29 is 4.74 Å². The number of nitrogens with two attached hydrogens (primary N) is 1. The van der Waals surface area contributed by atoms with Crippen LogP contribution in [0.3, 0.4) is 0 Å². The van der Waals surface area contributed by atoms with Crippen LogP contribution in [-0.2, 0) is 0 Å². The molecule has 2 atom stereocenters. The second-order valence-electron chi connectivity index (χ2n) is 5.94. The van der Waals surface area contributed by atoms with E-state index in [0.717, 1.165) is 37.5 Å². The number of hydrogen-bond acceptors (Lipinski definition) is 3. The molecule has 0 spiro atoms. The lowest BCUT2D eigenvalue weighted by Gasteiger charge is -2.29. The van der Waals surface area contributed by atoms with Gasteiger partial charge in [-0.2, -0.15) is 0 Å². The summed E-state index contributed by atoms with van der Waals surface area (Å²) < 4.78 is 5.72. The topological polar surface area (TPSA) is 47.3 Å². The van der Waals surface area contributed by atoms with Gasteiger partial charge in [0.25, 0.3) is 0 Å². The maximum Gasteiger partial charge on any atom is 0.122 e. The SMILES string of the molecule is CC(C)CCC(CC1CCOc2ccccc21)NN. The van der Waals surface area contributed by atoms with Crippen LogP contribution in [0, 0.1) is 5.92 Å². The van der Waals surface area contributed by atoms with Gasteiger partial charge in [0.15, 0.2) is 0 Å².